The number of hydrogen-bond donors (Lipinski definition) is 1. The largest absolute Gasteiger partial charge is 0.464 e. The van der Waals surface area contributed by atoms with Gasteiger partial charge in [-0.05, 0) is 42.3 Å². The predicted octanol–water partition coefficient (Wildman–Crippen LogP) is 4.15. The van der Waals surface area contributed by atoms with Crippen molar-refractivity contribution in [3.63, 3.8) is 0 Å². The molecule has 3 aromatic heterocycles. The second-order valence-corrected chi connectivity index (χ2v) is 6.14. The molecule has 3 heterocycles. The molecule has 1 amide bonds. The average Bonchev–Trinajstić information content (AvgIpc) is 3.31. The quantitative estimate of drug-likeness (QED) is 0.582. The van der Waals surface area contributed by atoms with Crippen molar-refractivity contribution in [1.82, 2.24) is 14.8 Å². The Labute approximate surface area is 156 Å². The van der Waals surface area contributed by atoms with E-state index in [1.165, 1.54) is 0 Å². The molecule has 0 aliphatic carbocycles. The van der Waals surface area contributed by atoms with Crippen LogP contribution in [0.1, 0.15) is 22.0 Å². The molecule has 27 heavy (non-hydrogen) atoms. The monoisotopic (exact) mass is 358 g/mol. The molecule has 0 saturated heterocycles. The van der Waals surface area contributed by atoms with Gasteiger partial charge in [-0.2, -0.15) is 5.10 Å². The SMILES string of the molecule is Cc1ccc(Cn2nccc2NC(=O)c2cc(-c3ccccc3)ccn2)o1. The Hall–Kier alpha value is -3.67. The van der Waals surface area contributed by atoms with E-state index in [1.54, 1.807) is 29.2 Å². The van der Waals surface area contributed by atoms with Crippen molar-refractivity contribution in [1.29, 1.82) is 0 Å². The first kappa shape index (κ1) is 16.8. The number of aryl methyl sites for hydroxylation is 1. The molecule has 0 aliphatic heterocycles. The first-order valence-electron chi connectivity index (χ1n) is 8.59. The summed E-state index contributed by atoms with van der Waals surface area (Å²) >= 11 is 0. The van der Waals surface area contributed by atoms with E-state index in [9.17, 15) is 4.79 Å². The van der Waals surface area contributed by atoms with Crippen molar-refractivity contribution >= 4 is 11.7 Å². The number of carbonyl (C=O) groups is 1. The third kappa shape index (κ3) is 3.79. The van der Waals surface area contributed by atoms with Gasteiger partial charge >= 0.3 is 0 Å². The van der Waals surface area contributed by atoms with Crippen LogP contribution in [0.2, 0.25) is 0 Å². The second-order valence-electron chi connectivity index (χ2n) is 6.14. The van der Waals surface area contributed by atoms with Crippen molar-refractivity contribution < 1.29 is 9.21 Å². The summed E-state index contributed by atoms with van der Waals surface area (Å²) < 4.78 is 7.26. The lowest BCUT2D eigenvalue weighted by atomic mass is 10.1. The highest BCUT2D eigenvalue weighted by atomic mass is 16.3. The van der Waals surface area contributed by atoms with Gasteiger partial charge < -0.3 is 9.73 Å². The molecule has 0 unspecified atom stereocenters. The molecule has 0 radical (unpaired) electrons. The molecule has 6 heteroatoms. The van der Waals surface area contributed by atoms with Gasteiger partial charge in [0.2, 0.25) is 0 Å². The van der Waals surface area contributed by atoms with Gasteiger partial charge in [0.1, 0.15) is 29.6 Å². The summed E-state index contributed by atoms with van der Waals surface area (Å²) in [6, 6.07) is 19.1. The maximum Gasteiger partial charge on any atom is 0.275 e. The zero-order valence-corrected chi connectivity index (χ0v) is 14.8. The van der Waals surface area contributed by atoms with E-state index in [2.05, 4.69) is 15.4 Å². The normalized spacial score (nSPS) is 10.7. The Morgan fingerprint density at radius 2 is 1.89 bits per heavy atom. The number of pyridine rings is 1. The van der Waals surface area contributed by atoms with Crippen molar-refractivity contribution in [2.45, 2.75) is 13.5 Å². The van der Waals surface area contributed by atoms with E-state index in [-0.39, 0.29) is 5.91 Å². The second kappa shape index (κ2) is 7.29. The third-order valence-electron chi connectivity index (χ3n) is 4.16. The lowest BCUT2D eigenvalue weighted by Crippen LogP contribution is -2.17. The lowest BCUT2D eigenvalue weighted by molar-refractivity contribution is 0.102. The summed E-state index contributed by atoms with van der Waals surface area (Å²) in [5, 5.41) is 7.12. The van der Waals surface area contributed by atoms with Crippen LogP contribution in [-0.2, 0) is 6.54 Å². The van der Waals surface area contributed by atoms with Crippen LogP contribution >= 0.6 is 0 Å². The van der Waals surface area contributed by atoms with Crippen molar-refractivity contribution in [2.24, 2.45) is 0 Å². The molecule has 6 nitrogen and oxygen atoms in total. The number of benzene rings is 1. The number of carbonyl (C=O) groups excluding carboxylic acids is 1. The number of amides is 1. The van der Waals surface area contributed by atoms with Crippen LogP contribution in [0.5, 0.6) is 0 Å². The highest BCUT2D eigenvalue weighted by Crippen LogP contribution is 2.19. The maximum absolute atomic E-state index is 12.7. The molecule has 1 aromatic carbocycles. The predicted molar refractivity (Wildman–Crippen MR) is 102 cm³/mol. The first-order valence-corrected chi connectivity index (χ1v) is 8.59. The summed E-state index contributed by atoms with van der Waals surface area (Å²) in [5.41, 5.74) is 2.32. The fourth-order valence-electron chi connectivity index (χ4n) is 2.83. The van der Waals surface area contributed by atoms with Crippen LogP contribution < -0.4 is 5.32 Å². The van der Waals surface area contributed by atoms with Gasteiger partial charge in [0, 0.05) is 12.3 Å². The molecule has 0 aliphatic rings. The minimum atomic E-state index is -0.287. The van der Waals surface area contributed by atoms with E-state index >= 15 is 0 Å². The number of nitrogens with one attached hydrogen (secondary N) is 1. The number of anilines is 1. The number of furan rings is 1. The summed E-state index contributed by atoms with van der Waals surface area (Å²) in [5.74, 6) is 1.91. The molecular weight excluding hydrogens is 340 g/mol. The van der Waals surface area contributed by atoms with Crippen molar-refractivity contribution in [3.8, 4) is 11.1 Å². The standard InChI is InChI=1S/C21H18N4O2/c1-15-7-8-18(27-15)14-25-20(10-12-23-25)24-21(26)19-13-17(9-11-22-19)16-5-3-2-4-6-16/h2-13H,14H2,1H3,(H,24,26). The van der Waals surface area contributed by atoms with Gasteiger partial charge in [0.05, 0.1) is 6.20 Å². The lowest BCUT2D eigenvalue weighted by Gasteiger charge is -2.08. The smallest absolute Gasteiger partial charge is 0.275 e. The molecule has 1 N–H and O–H groups in total. The Kier molecular flexibility index (Phi) is 4.53. The fourth-order valence-corrected chi connectivity index (χ4v) is 2.83. The topological polar surface area (TPSA) is 73.0 Å². The summed E-state index contributed by atoms with van der Waals surface area (Å²) in [6.07, 6.45) is 3.28. The third-order valence-corrected chi connectivity index (χ3v) is 4.16. The van der Waals surface area contributed by atoms with Gasteiger partial charge in [0.15, 0.2) is 0 Å². The van der Waals surface area contributed by atoms with Gasteiger partial charge in [-0.25, -0.2) is 4.68 Å². The van der Waals surface area contributed by atoms with E-state index < -0.39 is 0 Å². The van der Waals surface area contributed by atoms with Gasteiger partial charge in [-0.1, -0.05) is 30.3 Å². The number of hydrogen-bond acceptors (Lipinski definition) is 4. The number of nitrogens with zero attached hydrogens (tertiary/aromatic N) is 3. The summed E-state index contributed by atoms with van der Waals surface area (Å²) in [6.45, 7) is 2.33. The van der Waals surface area contributed by atoms with Crippen LogP contribution in [0.4, 0.5) is 5.82 Å². The molecule has 0 spiro atoms. The first-order chi connectivity index (χ1) is 13.2. The highest BCUT2D eigenvalue weighted by Gasteiger charge is 2.13. The molecule has 0 fully saturated rings. The molecule has 134 valence electrons. The Balaban J connectivity index is 1.53. The highest BCUT2D eigenvalue weighted by molar-refractivity contribution is 6.03. The summed E-state index contributed by atoms with van der Waals surface area (Å²) in [4.78, 5) is 16.9. The van der Waals surface area contributed by atoms with Crippen LogP contribution in [-0.4, -0.2) is 20.7 Å². The number of rotatable bonds is 5. The zero-order chi connectivity index (χ0) is 18.6. The van der Waals surface area contributed by atoms with Gasteiger partial charge in [-0.15, -0.1) is 0 Å². The minimum absolute atomic E-state index is 0.287. The van der Waals surface area contributed by atoms with Crippen LogP contribution in [0.3, 0.4) is 0 Å². The van der Waals surface area contributed by atoms with E-state index in [0.717, 1.165) is 22.6 Å². The summed E-state index contributed by atoms with van der Waals surface area (Å²) in [7, 11) is 0. The molecule has 0 atom stereocenters. The molecular formula is C21H18N4O2. The fraction of sp³-hybridized carbons (Fsp3) is 0.0952. The zero-order valence-electron chi connectivity index (χ0n) is 14.8. The molecule has 4 rings (SSSR count). The van der Waals surface area contributed by atoms with E-state index in [1.807, 2.05) is 55.5 Å². The molecule has 0 bridgehead atoms. The average molecular weight is 358 g/mol. The van der Waals surface area contributed by atoms with E-state index in [0.29, 0.717) is 18.1 Å². The van der Waals surface area contributed by atoms with Crippen LogP contribution in [0.25, 0.3) is 11.1 Å². The van der Waals surface area contributed by atoms with Gasteiger partial charge in [-0.3, -0.25) is 9.78 Å². The minimum Gasteiger partial charge on any atom is -0.464 e. The number of aromatic nitrogens is 3. The van der Waals surface area contributed by atoms with Crippen LogP contribution in [0.15, 0.2) is 77.5 Å². The van der Waals surface area contributed by atoms with Crippen molar-refractivity contribution in [2.75, 3.05) is 5.32 Å². The molecule has 0 saturated carbocycles. The Bertz CT molecular complexity index is 1070. The van der Waals surface area contributed by atoms with Gasteiger partial charge in [0.25, 0.3) is 5.91 Å². The van der Waals surface area contributed by atoms with Crippen LogP contribution in [0, 0.1) is 6.92 Å². The Morgan fingerprint density at radius 3 is 2.67 bits per heavy atom. The molecule has 4 aromatic rings. The Morgan fingerprint density at radius 1 is 1.04 bits per heavy atom. The van der Waals surface area contributed by atoms with E-state index in [4.69, 9.17) is 4.42 Å². The maximum atomic E-state index is 12.7. The van der Waals surface area contributed by atoms with Crippen molar-refractivity contribution in [3.05, 3.63) is 90.3 Å².